The quantitative estimate of drug-likeness (QED) is 0.911. The highest BCUT2D eigenvalue weighted by Gasteiger charge is 2.24. The summed E-state index contributed by atoms with van der Waals surface area (Å²) in [4.78, 5) is 2.58. The third kappa shape index (κ3) is 3.37. The molecular weight excluding hydrogens is 324 g/mol. The molecule has 2 aromatic carbocycles. The van der Waals surface area contributed by atoms with Gasteiger partial charge in [0.1, 0.15) is 0 Å². The first-order valence-electron chi connectivity index (χ1n) is 7.51. The molecule has 2 nitrogen and oxygen atoms in total. The summed E-state index contributed by atoms with van der Waals surface area (Å²) in [6.45, 7) is 6.52. The fourth-order valence-electron chi connectivity index (χ4n) is 3.10. The molecule has 0 saturated carbocycles. The lowest BCUT2D eigenvalue weighted by Crippen LogP contribution is -2.45. The Hall–Kier alpha value is -1.16. The van der Waals surface area contributed by atoms with Crippen LogP contribution in [0.15, 0.2) is 53.0 Å². The molecule has 21 heavy (non-hydrogen) atoms. The first-order valence-corrected chi connectivity index (χ1v) is 8.31. The van der Waals surface area contributed by atoms with Crippen molar-refractivity contribution in [3.63, 3.8) is 0 Å². The third-order valence-electron chi connectivity index (χ3n) is 4.16. The number of benzene rings is 2. The highest BCUT2D eigenvalue weighted by molar-refractivity contribution is 9.10. The highest BCUT2D eigenvalue weighted by atomic mass is 79.9. The summed E-state index contributed by atoms with van der Waals surface area (Å²) in [7, 11) is 0. The van der Waals surface area contributed by atoms with Crippen LogP contribution in [-0.4, -0.2) is 31.1 Å². The Balaban J connectivity index is 2.04. The fraction of sp³-hybridized carbons (Fsp3) is 0.333. The van der Waals surface area contributed by atoms with Crippen LogP contribution in [0.25, 0.3) is 0 Å². The van der Waals surface area contributed by atoms with Gasteiger partial charge in [0.25, 0.3) is 0 Å². The summed E-state index contributed by atoms with van der Waals surface area (Å²) < 4.78 is 1.15. The van der Waals surface area contributed by atoms with E-state index in [0.717, 1.165) is 30.7 Å². The molecule has 0 aromatic heterocycles. The number of aryl methyl sites for hydroxylation is 1. The molecule has 2 aromatic rings. The van der Waals surface area contributed by atoms with E-state index in [1.165, 1.54) is 16.7 Å². The zero-order chi connectivity index (χ0) is 14.7. The molecule has 1 heterocycles. The maximum atomic E-state index is 3.61. The summed E-state index contributed by atoms with van der Waals surface area (Å²) in [5.74, 6) is 0. The van der Waals surface area contributed by atoms with E-state index in [0.29, 0.717) is 6.04 Å². The van der Waals surface area contributed by atoms with Crippen LogP contribution in [0.5, 0.6) is 0 Å². The summed E-state index contributed by atoms with van der Waals surface area (Å²) in [5, 5.41) is 3.45. The third-order valence-corrected chi connectivity index (χ3v) is 4.66. The molecule has 1 atom stereocenters. The molecule has 1 aliphatic rings. The Labute approximate surface area is 135 Å². The molecule has 1 saturated heterocycles. The molecule has 0 bridgehead atoms. The average molecular weight is 345 g/mol. The maximum absolute atomic E-state index is 3.61. The van der Waals surface area contributed by atoms with Gasteiger partial charge in [-0.2, -0.15) is 0 Å². The molecule has 0 amide bonds. The van der Waals surface area contributed by atoms with Crippen LogP contribution in [0.1, 0.15) is 22.7 Å². The van der Waals surface area contributed by atoms with Gasteiger partial charge in [0.15, 0.2) is 0 Å². The Bertz CT molecular complexity index is 606. The lowest BCUT2D eigenvalue weighted by atomic mass is 9.93. The van der Waals surface area contributed by atoms with Crippen molar-refractivity contribution < 1.29 is 0 Å². The van der Waals surface area contributed by atoms with Gasteiger partial charge in [-0.3, -0.25) is 4.90 Å². The molecule has 1 fully saturated rings. The Kier molecular flexibility index (Phi) is 4.73. The molecule has 110 valence electrons. The largest absolute Gasteiger partial charge is 0.314 e. The number of nitrogens with zero attached hydrogens (tertiary/aromatic N) is 1. The number of nitrogens with one attached hydrogen (secondary N) is 1. The normalized spacial score (nSPS) is 17.6. The number of hydrogen-bond acceptors (Lipinski definition) is 2. The van der Waals surface area contributed by atoms with Gasteiger partial charge in [-0.15, -0.1) is 0 Å². The minimum absolute atomic E-state index is 0.339. The van der Waals surface area contributed by atoms with E-state index in [1.807, 2.05) is 0 Å². The second-order valence-corrected chi connectivity index (χ2v) is 6.52. The van der Waals surface area contributed by atoms with Crippen molar-refractivity contribution in [1.82, 2.24) is 10.2 Å². The molecule has 0 spiro atoms. The molecule has 1 aliphatic heterocycles. The topological polar surface area (TPSA) is 15.3 Å². The molecular formula is C18H21BrN2. The second kappa shape index (κ2) is 6.73. The molecule has 0 aliphatic carbocycles. The Morgan fingerprint density at radius 2 is 1.81 bits per heavy atom. The second-order valence-electron chi connectivity index (χ2n) is 5.60. The molecule has 3 heteroatoms. The maximum Gasteiger partial charge on any atom is 0.0605 e. The van der Waals surface area contributed by atoms with Crippen LogP contribution in [0, 0.1) is 6.92 Å². The monoisotopic (exact) mass is 344 g/mol. The van der Waals surface area contributed by atoms with Crippen LogP contribution < -0.4 is 5.32 Å². The smallest absolute Gasteiger partial charge is 0.0605 e. The SMILES string of the molecule is Cc1ccccc1C(c1cccc(Br)c1)N1CCNCC1. The molecule has 0 radical (unpaired) electrons. The van der Waals surface area contributed by atoms with Gasteiger partial charge < -0.3 is 5.32 Å². The van der Waals surface area contributed by atoms with Crippen molar-refractivity contribution in [2.45, 2.75) is 13.0 Å². The van der Waals surface area contributed by atoms with Gasteiger partial charge in [0.2, 0.25) is 0 Å². The van der Waals surface area contributed by atoms with Crippen LogP contribution in [-0.2, 0) is 0 Å². The lowest BCUT2D eigenvalue weighted by Gasteiger charge is -2.36. The van der Waals surface area contributed by atoms with Crippen LogP contribution in [0.4, 0.5) is 0 Å². The van der Waals surface area contributed by atoms with Crippen molar-refractivity contribution in [3.05, 3.63) is 69.7 Å². The van der Waals surface area contributed by atoms with E-state index >= 15 is 0 Å². The fourth-order valence-corrected chi connectivity index (χ4v) is 3.51. The number of halogens is 1. The summed E-state index contributed by atoms with van der Waals surface area (Å²) in [6.07, 6.45) is 0. The molecule has 1 N–H and O–H groups in total. The van der Waals surface area contributed by atoms with E-state index in [2.05, 4.69) is 81.6 Å². The number of rotatable bonds is 3. The first-order chi connectivity index (χ1) is 10.3. The van der Waals surface area contributed by atoms with Gasteiger partial charge in [-0.1, -0.05) is 52.3 Å². The zero-order valence-corrected chi connectivity index (χ0v) is 13.9. The van der Waals surface area contributed by atoms with Gasteiger partial charge in [-0.25, -0.2) is 0 Å². The standard InChI is InChI=1S/C18H21BrN2/c1-14-5-2-3-8-17(14)18(21-11-9-20-10-12-21)15-6-4-7-16(19)13-15/h2-8,13,18,20H,9-12H2,1H3. The minimum Gasteiger partial charge on any atom is -0.314 e. The van der Waals surface area contributed by atoms with E-state index in [9.17, 15) is 0 Å². The predicted molar refractivity (Wildman–Crippen MR) is 91.6 cm³/mol. The van der Waals surface area contributed by atoms with Crippen molar-refractivity contribution in [1.29, 1.82) is 0 Å². The average Bonchev–Trinajstić information content (AvgIpc) is 2.51. The van der Waals surface area contributed by atoms with Gasteiger partial charge in [-0.05, 0) is 35.7 Å². The van der Waals surface area contributed by atoms with E-state index < -0.39 is 0 Å². The zero-order valence-electron chi connectivity index (χ0n) is 12.3. The number of hydrogen-bond donors (Lipinski definition) is 1. The van der Waals surface area contributed by atoms with Gasteiger partial charge in [0.05, 0.1) is 6.04 Å². The van der Waals surface area contributed by atoms with E-state index in [-0.39, 0.29) is 0 Å². The van der Waals surface area contributed by atoms with Crippen LogP contribution >= 0.6 is 15.9 Å². The Morgan fingerprint density at radius 3 is 2.52 bits per heavy atom. The van der Waals surface area contributed by atoms with Gasteiger partial charge in [0, 0.05) is 30.7 Å². The summed E-state index contributed by atoms with van der Waals surface area (Å²) >= 11 is 3.61. The minimum atomic E-state index is 0.339. The van der Waals surface area contributed by atoms with E-state index in [4.69, 9.17) is 0 Å². The number of piperazine rings is 1. The van der Waals surface area contributed by atoms with Crippen molar-refractivity contribution in [2.24, 2.45) is 0 Å². The summed E-state index contributed by atoms with van der Waals surface area (Å²) in [6, 6.07) is 17.8. The lowest BCUT2D eigenvalue weighted by molar-refractivity contribution is 0.198. The Morgan fingerprint density at radius 1 is 1.05 bits per heavy atom. The van der Waals surface area contributed by atoms with Crippen molar-refractivity contribution in [2.75, 3.05) is 26.2 Å². The molecule has 3 rings (SSSR count). The van der Waals surface area contributed by atoms with Crippen LogP contribution in [0.2, 0.25) is 0 Å². The predicted octanol–water partition coefficient (Wildman–Crippen LogP) is 3.75. The molecule has 1 unspecified atom stereocenters. The van der Waals surface area contributed by atoms with Crippen LogP contribution in [0.3, 0.4) is 0 Å². The highest BCUT2D eigenvalue weighted by Crippen LogP contribution is 2.32. The van der Waals surface area contributed by atoms with Gasteiger partial charge >= 0.3 is 0 Å². The van der Waals surface area contributed by atoms with E-state index in [1.54, 1.807) is 0 Å². The van der Waals surface area contributed by atoms with Crippen molar-refractivity contribution >= 4 is 15.9 Å². The van der Waals surface area contributed by atoms with Crippen molar-refractivity contribution in [3.8, 4) is 0 Å². The summed E-state index contributed by atoms with van der Waals surface area (Å²) in [5.41, 5.74) is 4.14. The first kappa shape index (κ1) is 14.8.